The van der Waals surface area contributed by atoms with E-state index in [1.165, 1.54) is 5.56 Å². The topological polar surface area (TPSA) is 25.8 Å². The summed E-state index contributed by atoms with van der Waals surface area (Å²) in [4.78, 5) is 8.32. The molecule has 0 radical (unpaired) electrons. The summed E-state index contributed by atoms with van der Waals surface area (Å²) in [5.74, 6) is 1.02. The van der Waals surface area contributed by atoms with Crippen LogP contribution in [0.1, 0.15) is 5.56 Å². The summed E-state index contributed by atoms with van der Waals surface area (Å²) >= 11 is 1.69. The Morgan fingerprint density at radius 3 is 2.40 bits per heavy atom. The fraction of sp³-hybridized carbons (Fsp3) is 0.167. The maximum atomic E-state index is 4.16. The molecular formula is C12H12N2S. The molecule has 1 aromatic heterocycles. The summed E-state index contributed by atoms with van der Waals surface area (Å²) in [5.41, 5.74) is 1.36. The van der Waals surface area contributed by atoms with E-state index < -0.39 is 0 Å². The first-order valence-corrected chi connectivity index (χ1v) is 5.87. The van der Waals surface area contributed by atoms with Crippen LogP contribution in [-0.4, -0.2) is 15.7 Å². The monoisotopic (exact) mass is 216 g/mol. The smallest absolute Gasteiger partial charge is 0.187 e. The lowest BCUT2D eigenvalue weighted by atomic mass is 10.2. The van der Waals surface area contributed by atoms with E-state index in [1.807, 2.05) is 12.1 Å². The number of benzene rings is 1. The Labute approximate surface area is 93.8 Å². The van der Waals surface area contributed by atoms with Crippen LogP contribution in [0.4, 0.5) is 0 Å². The molecule has 0 saturated heterocycles. The van der Waals surface area contributed by atoms with Gasteiger partial charge in [-0.05, 0) is 18.1 Å². The fourth-order valence-electron chi connectivity index (χ4n) is 1.26. The van der Waals surface area contributed by atoms with Crippen molar-refractivity contribution >= 4 is 11.8 Å². The van der Waals surface area contributed by atoms with E-state index >= 15 is 0 Å². The van der Waals surface area contributed by atoms with E-state index in [0.717, 1.165) is 17.3 Å². The normalized spacial score (nSPS) is 10.1. The zero-order valence-corrected chi connectivity index (χ0v) is 9.15. The zero-order chi connectivity index (χ0) is 10.3. The third kappa shape index (κ3) is 3.36. The SMILES string of the molecule is c1ccc(CCSc2ncccn2)cc1. The van der Waals surface area contributed by atoms with Crippen molar-refractivity contribution in [3.63, 3.8) is 0 Å². The van der Waals surface area contributed by atoms with Gasteiger partial charge in [0.1, 0.15) is 0 Å². The van der Waals surface area contributed by atoms with Gasteiger partial charge in [-0.2, -0.15) is 0 Å². The molecule has 76 valence electrons. The number of aryl methyl sites for hydroxylation is 1. The van der Waals surface area contributed by atoms with E-state index in [0.29, 0.717) is 0 Å². The molecule has 0 bridgehead atoms. The van der Waals surface area contributed by atoms with E-state index in [1.54, 1.807) is 24.2 Å². The van der Waals surface area contributed by atoms with E-state index in [2.05, 4.69) is 34.2 Å². The van der Waals surface area contributed by atoms with Crippen LogP contribution in [0.15, 0.2) is 53.9 Å². The molecule has 0 aliphatic heterocycles. The van der Waals surface area contributed by atoms with Crippen LogP contribution in [0.25, 0.3) is 0 Å². The molecule has 0 unspecified atom stereocenters. The lowest BCUT2D eigenvalue weighted by Crippen LogP contribution is -1.90. The predicted octanol–water partition coefficient (Wildman–Crippen LogP) is 2.81. The minimum atomic E-state index is 0.855. The summed E-state index contributed by atoms with van der Waals surface area (Å²) < 4.78 is 0. The molecule has 0 fully saturated rings. The number of aromatic nitrogens is 2. The van der Waals surface area contributed by atoms with Crippen molar-refractivity contribution in [2.75, 3.05) is 5.75 Å². The third-order valence-electron chi connectivity index (χ3n) is 2.01. The number of hydrogen-bond acceptors (Lipinski definition) is 3. The maximum absolute atomic E-state index is 4.16. The van der Waals surface area contributed by atoms with Crippen LogP contribution < -0.4 is 0 Å². The van der Waals surface area contributed by atoms with Gasteiger partial charge in [-0.15, -0.1) is 0 Å². The van der Waals surface area contributed by atoms with Crippen LogP contribution in [0.5, 0.6) is 0 Å². The average Bonchev–Trinajstić information content (AvgIpc) is 2.32. The first-order valence-electron chi connectivity index (χ1n) is 4.89. The molecule has 0 amide bonds. The molecule has 0 aliphatic rings. The molecule has 0 saturated carbocycles. The van der Waals surface area contributed by atoms with Crippen molar-refractivity contribution in [2.24, 2.45) is 0 Å². The molecule has 2 nitrogen and oxygen atoms in total. The van der Waals surface area contributed by atoms with Crippen molar-refractivity contribution in [3.05, 3.63) is 54.4 Å². The van der Waals surface area contributed by atoms with Crippen molar-refractivity contribution in [2.45, 2.75) is 11.6 Å². The van der Waals surface area contributed by atoms with E-state index in [-0.39, 0.29) is 0 Å². The lowest BCUT2D eigenvalue weighted by molar-refractivity contribution is 0.963. The summed E-state index contributed by atoms with van der Waals surface area (Å²) in [6, 6.07) is 12.3. The van der Waals surface area contributed by atoms with Gasteiger partial charge < -0.3 is 0 Å². The van der Waals surface area contributed by atoms with Crippen LogP contribution in [0, 0.1) is 0 Å². The van der Waals surface area contributed by atoms with Crippen LogP contribution in [0.2, 0.25) is 0 Å². The molecule has 2 rings (SSSR count). The number of thioether (sulfide) groups is 1. The summed E-state index contributed by atoms with van der Waals surface area (Å²) in [6.07, 6.45) is 4.61. The molecule has 2 aromatic rings. The van der Waals surface area contributed by atoms with Gasteiger partial charge in [0, 0.05) is 18.1 Å². The second-order valence-corrected chi connectivity index (χ2v) is 4.18. The Morgan fingerprint density at radius 1 is 0.933 bits per heavy atom. The van der Waals surface area contributed by atoms with Gasteiger partial charge in [-0.1, -0.05) is 42.1 Å². The molecule has 0 aliphatic carbocycles. The van der Waals surface area contributed by atoms with Crippen molar-refractivity contribution in [3.8, 4) is 0 Å². The predicted molar refractivity (Wildman–Crippen MR) is 62.9 cm³/mol. The maximum Gasteiger partial charge on any atom is 0.187 e. The minimum Gasteiger partial charge on any atom is -0.231 e. The van der Waals surface area contributed by atoms with E-state index in [4.69, 9.17) is 0 Å². The Bertz CT molecular complexity index is 349. The second-order valence-electron chi connectivity index (χ2n) is 3.12. The molecule has 1 aromatic carbocycles. The first-order chi connectivity index (χ1) is 7.45. The molecule has 0 N–H and O–H groups in total. The largest absolute Gasteiger partial charge is 0.231 e. The standard InChI is InChI=1S/C12H12N2S/c1-2-5-11(6-3-1)7-10-15-12-13-8-4-9-14-12/h1-6,8-9H,7,10H2. The Morgan fingerprint density at radius 2 is 1.67 bits per heavy atom. The number of rotatable bonds is 4. The van der Waals surface area contributed by atoms with E-state index in [9.17, 15) is 0 Å². The van der Waals surface area contributed by atoms with Crippen LogP contribution in [0.3, 0.4) is 0 Å². The molecule has 0 spiro atoms. The second kappa shape index (κ2) is 5.51. The Balaban J connectivity index is 1.81. The van der Waals surface area contributed by atoms with Gasteiger partial charge in [0.15, 0.2) is 5.16 Å². The quantitative estimate of drug-likeness (QED) is 0.580. The highest BCUT2D eigenvalue weighted by Crippen LogP contribution is 2.13. The molecule has 0 atom stereocenters. The number of nitrogens with zero attached hydrogens (tertiary/aromatic N) is 2. The van der Waals surface area contributed by atoms with Crippen molar-refractivity contribution in [1.82, 2.24) is 9.97 Å². The highest BCUT2D eigenvalue weighted by atomic mass is 32.2. The van der Waals surface area contributed by atoms with Crippen molar-refractivity contribution in [1.29, 1.82) is 0 Å². The summed E-state index contributed by atoms with van der Waals surface area (Å²) in [7, 11) is 0. The van der Waals surface area contributed by atoms with Gasteiger partial charge in [0.05, 0.1) is 0 Å². The molecule has 3 heteroatoms. The van der Waals surface area contributed by atoms with Gasteiger partial charge in [-0.3, -0.25) is 0 Å². The van der Waals surface area contributed by atoms with Crippen LogP contribution in [-0.2, 0) is 6.42 Å². The average molecular weight is 216 g/mol. The van der Waals surface area contributed by atoms with Crippen molar-refractivity contribution < 1.29 is 0 Å². The fourth-order valence-corrected chi connectivity index (χ4v) is 2.06. The highest BCUT2D eigenvalue weighted by Gasteiger charge is 1.96. The first kappa shape index (κ1) is 10.2. The van der Waals surface area contributed by atoms with Crippen LogP contribution >= 0.6 is 11.8 Å². The Kier molecular flexibility index (Phi) is 3.74. The summed E-state index contributed by atoms with van der Waals surface area (Å²) in [6.45, 7) is 0. The zero-order valence-electron chi connectivity index (χ0n) is 8.34. The van der Waals surface area contributed by atoms with Gasteiger partial charge >= 0.3 is 0 Å². The number of hydrogen-bond donors (Lipinski definition) is 0. The third-order valence-corrected chi connectivity index (χ3v) is 2.88. The molecule has 1 heterocycles. The minimum absolute atomic E-state index is 0.855. The van der Waals surface area contributed by atoms with Gasteiger partial charge in [0.25, 0.3) is 0 Å². The molecular weight excluding hydrogens is 204 g/mol. The highest BCUT2D eigenvalue weighted by molar-refractivity contribution is 7.99. The van der Waals surface area contributed by atoms with Gasteiger partial charge in [0.2, 0.25) is 0 Å². The lowest BCUT2D eigenvalue weighted by Gasteiger charge is -1.99. The van der Waals surface area contributed by atoms with Gasteiger partial charge in [-0.25, -0.2) is 9.97 Å². The Hall–Kier alpha value is -1.35. The summed E-state index contributed by atoms with van der Waals surface area (Å²) in [5, 5.41) is 0.855. The molecule has 15 heavy (non-hydrogen) atoms.